The van der Waals surface area contributed by atoms with Gasteiger partial charge in [-0.1, -0.05) is 39.3 Å². The summed E-state index contributed by atoms with van der Waals surface area (Å²) in [6, 6.07) is 10.4. The molecule has 0 atom stereocenters. The maximum atomic E-state index is 12.0. The molecule has 0 fully saturated rings. The van der Waals surface area contributed by atoms with E-state index < -0.39 is 0 Å². The van der Waals surface area contributed by atoms with E-state index in [1.54, 1.807) is 30.5 Å². The molecule has 0 bridgehead atoms. The normalized spacial score (nSPS) is 11.5. The minimum absolute atomic E-state index is 0.189. The van der Waals surface area contributed by atoms with E-state index in [2.05, 4.69) is 10.5 Å². The molecule has 4 nitrogen and oxygen atoms in total. The number of phenolic OH excluding ortho intramolecular Hbond substituents is 1. The number of carbonyl (C=O) groups excluding carboxylic acids is 1. The molecule has 2 aromatic rings. The third kappa shape index (κ3) is 4.83. The summed E-state index contributed by atoms with van der Waals surface area (Å²) >= 11 is 5.81. The number of nitrogens with zero attached hydrogens (tertiary/aromatic N) is 1. The molecule has 2 aromatic carbocycles. The van der Waals surface area contributed by atoms with Crippen LogP contribution in [0.1, 0.15) is 66.6 Å². The number of hydrogen-bond donors (Lipinski definition) is 2. The minimum Gasteiger partial charge on any atom is -0.507 e. The number of phenols is 1. The summed E-state index contributed by atoms with van der Waals surface area (Å²) < 4.78 is 0. The van der Waals surface area contributed by atoms with E-state index in [0.29, 0.717) is 16.3 Å². The molecule has 0 heterocycles. The summed E-state index contributed by atoms with van der Waals surface area (Å²) in [5.74, 6) is 0.413. The maximum Gasteiger partial charge on any atom is 0.271 e. The predicted molar refractivity (Wildman–Crippen MR) is 103 cm³/mol. The van der Waals surface area contributed by atoms with Crippen LogP contribution < -0.4 is 5.43 Å². The van der Waals surface area contributed by atoms with Crippen molar-refractivity contribution in [2.24, 2.45) is 5.10 Å². The summed E-state index contributed by atoms with van der Waals surface area (Å²) in [5, 5.41) is 15.0. The summed E-state index contributed by atoms with van der Waals surface area (Å²) in [6.45, 7) is 8.12. The number of halogens is 1. The summed E-state index contributed by atoms with van der Waals surface area (Å²) in [7, 11) is 0. The fourth-order valence-corrected chi connectivity index (χ4v) is 2.62. The number of hydrogen-bond acceptors (Lipinski definition) is 3. The lowest BCUT2D eigenvalue weighted by Crippen LogP contribution is -2.17. The quantitative estimate of drug-likeness (QED) is 0.580. The maximum absolute atomic E-state index is 12.0. The van der Waals surface area contributed by atoms with Crippen molar-refractivity contribution in [2.75, 3.05) is 0 Å². The summed E-state index contributed by atoms with van der Waals surface area (Å²) in [4.78, 5) is 12.0. The number of nitrogens with one attached hydrogen (secondary N) is 1. The molecular weight excluding hydrogens is 336 g/mol. The highest BCUT2D eigenvalue weighted by Gasteiger charge is 2.14. The molecule has 2 rings (SSSR count). The Morgan fingerprint density at radius 2 is 1.60 bits per heavy atom. The molecule has 1 amide bonds. The van der Waals surface area contributed by atoms with Crippen LogP contribution in [0.15, 0.2) is 41.5 Å². The second kappa shape index (κ2) is 8.17. The topological polar surface area (TPSA) is 61.7 Å². The van der Waals surface area contributed by atoms with Gasteiger partial charge in [0.15, 0.2) is 0 Å². The van der Waals surface area contributed by atoms with Gasteiger partial charge >= 0.3 is 0 Å². The second-order valence-corrected chi connectivity index (χ2v) is 7.00. The Balaban J connectivity index is 2.20. The third-order valence-corrected chi connectivity index (χ3v) is 4.17. The fraction of sp³-hybridized carbons (Fsp3) is 0.300. The van der Waals surface area contributed by atoms with Crippen LogP contribution in [0.5, 0.6) is 5.75 Å². The standard InChI is InChI=1S/C20H23ClN2O2/c1-12(2)17-9-14(10-18(13(3)4)19(17)24)11-22-23-20(25)15-5-7-16(21)8-6-15/h5-13,24H,1-4H3,(H,23,25)/b22-11-. The molecule has 25 heavy (non-hydrogen) atoms. The Bertz CT molecular complexity index is 752. The molecule has 0 aromatic heterocycles. The predicted octanol–water partition coefficient (Wildman–Crippen LogP) is 5.06. The number of hydrazone groups is 1. The summed E-state index contributed by atoms with van der Waals surface area (Å²) in [6.07, 6.45) is 1.59. The highest BCUT2D eigenvalue weighted by Crippen LogP contribution is 2.34. The third-order valence-electron chi connectivity index (χ3n) is 3.92. The van der Waals surface area contributed by atoms with Crippen molar-refractivity contribution in [3.8, 4) is 5.75 Å². The van der Waals surface area contributed by atoms with E-state index in [9.17, 15) is 9.90 Å². The van der Waals surface area contributed by atoms with Crippen LogP contribution >= 0.6 is 11.6 Å². The molecule has 0 spiro atoms. The minimum atomic E-state index is -0.306. The van der Waals surface area contributed by atoms with Crippen LogP contribution in [-0.4, -0.2) is 17.2 Å². The molecule has 132 valence electrons. The van der Waals surface area contributed by atoms with E-state index in [4.69, 9.17) is 11.6 Å². The molecular formula is C20H23ClN2O2. The molecule has 0 saturated heterocycles. The fourth-order valence-electron chi connectivity index (χ4n) is 2.49. The Morgan fingerprint density at radius 1 is 1.08 bits per heavy atom. The molecule has 0 aliphatic heterocycles. The van der Waals surface area contributed by atoms with Gasteiger partial charge in [0.25, 0.3) is 5.91 Å². The largest absolute Gasteiger partial charge is 0.507 e. The van der Waals surface area contributed by atoms with Crippen molar-refractivity contribution in [1.29, 1.82) is 0 Å². The van der Waals surface area contributed by atoms with E-state index in [0.717, 1.165) is 16.7 Å². The monoisotopic (exact) mass is 358 g/mol. The molecule has 0 radical (unpaired) electrons. The second-order valence-electron chi connectivity index (χ2n) is 6.56. The van der Waals surface area contributed by atoms with Gasteiger partial charge in [0.05, 0.1) is 6.21 Å². The highest BCUT2D eigenvalue weighted by atomic mass is 35.5. The van der Waals surface area contributed by atoms with Crippen LogP contribution in [0.4, 0.5) is 0 Å². The molecule has 2 N–H and O–H groups in total. The van der Waals surface area contributed by atoms with Crippen molar-refractivity contribution >= 4 is 23.7 Å². The first-order valence-electron chi connectivity index (χ1n) is 8.25. The van der Waals surface area contributed by atoms with Crippen molar-refractivity contribution in [3.05, 3.63) is 63.7 Å². The SMILES string of the molecule is CC(C)c1cc(/C=N\NC(=O)c2ccc(Cl)cc2)cc(C(C)C)c1O. The van der Waals surface area contributed by atoms with Gasteiger partial charge in [0, 0.05) is 10.6 Å². The molecule has 0 aliphatic carbocycles. The first-order chi connectivity index (χ1) is 11.8. The van der Waals surface area contributed by atoms with Crippen molar-refractivity contribution in [2.45, 2.75) is 39.5 Å². The average Bonchev–Trinajstić information content (AvgIpc) is 2.56. The Hall–Kier alpha value is -2.33. The van der Waals surface area contributed by atoms with E-state index in [1.165, 1.54) is 0 Å². The lowest BCUT2D eigenvalue weighted by atomic mass is 9.92. The molecule has 0 aliphatic rings. The van der Waals surface area contributed by atoms with Gasteiger partial charge in [0.1, 0.15) is 5.75 Å². The van der Waals surface area contributed by atoms with Crippen LogP contribution in [-0.2, 0) is 0 Å². The van der Waals surface area contributed by atoms with Gasteiger partial charge in [-0.05, 0) is 64.9 Å². The lowest BCUT2D eigenvalue weighted by Gasteiger charge is -2.16. The van der Waals surface area contributed by atoms with Crippen LogP contribution in [0, 0.1) is 0 Å². The molecule has 0 saturated carbocycles. The van der Waals surface area contributed by atoms with Gasteiger partial charge in [-0.3, -0.25) is 4.79 Å². The Morgan fingerprint density at radius 3 is 2.08 bits per heavy atom. The number of carbonyl (C=O) groups is 1. The zero-order valence-electron chi connectivity index (χ0n) is 14.9. The van der Waals surface area contributed by atoms with E-state index >= 15 is 0 Å². The average molecular weight is 359 g/mol. The number of amides is 1. The highest BCUT2D eigenvalue weighted by molar-refractivity contribution is 6.30. The van der Waals surface area contributed by atoms with Gasteiger partial charge in [-0.15, -0.1) is 0 Å². The molecule has 5 heteroatoms. The summed E-state index contributed by atoms with van der Waals surface area (Å²) in [5.41, 5.74) is 5.57. The van der Waals surface area contributed by atoms with E-state index in [1.807, 2.05) is 39.8 Å². The van der Waals surface area contributed by atoms with Crippen molar-refractivity contribution in [1.82, 2.24) is 5.43 Å². The van der Waals surface area contributed by atoms with Gasteiger partial charge < -0.3 is 5.11 Å². The van der Waals surface area contributed by atoms with Gasteiger partial charge in [-0.2, -0.15) is 5.10 Å². The number of rotatable bonds is 5. The van der Waals surface area contributed by atoms with Crippen molar-refractivity contribution in [3.63, 3.8) is 0 Å². The van der Waals surface area contributed by atoms with Crippen molar-refractivity contribution < 1.29 is 9.90 Å². The van der Waals surface area contributed by atoms with Gasteiger partial charge in [0.2, 0.25) is 0 Å². The zero-order valence-corrected chi connectivity index (χ0v) is 15.6. The van der Waals surface area contributed by atoms with Crippen LogP contribution in [0.2, 0.25) is 5.02 Å². The first kappa shape index (κ1) is 19.0. The number of aromatic hydroxyl groups is 1. The zero-order chi connectivity index (χ0) is 18.6. The Kier molecular flexibility index (Phi) is 6.21. The lowest BCUT2D eigenvalue weighted by molar-refractivity contribution is 0.0955. The number of benzene rings is 2. The van der Waals surface area contributed by atoms with E-state index in [-0.39, 0.29) is 17.7 Å². The Labute approximate surface area is 153 Å². The van der Waals surface area contributed by atoms with Gasteiger partial charge in [-0.25, -0.2) is 5.43 Å². The smallest absolute Gasteiger partial charge is 0.271 e. The molecule has 0 unspecified atom stereocenters. The van der Waals surface area contributed by atoms with Crippen LogP contribution in [0.25, 0.3) is 0 Å². The first-order valence-corrected chi connectivity index (χ1v) is 8.63. The van der Waals surface area contributed by atoms with Crippen LogP contribution in [0.3, 0.4) is 0 Å².